The van der Waals surface area contributed by atoms with Gasteiger partial charge in [0.05, 0.1) is 11.1 Å². The number of amides is 1. The van der Waals surface area contributed by atoms with E-state index in [-0.39, 0.29) is 11.8 Å². The van der Waals surface area contributed by atoms with Crippen molar-refractivity contribution in [3.63, 3.8) is 0 Å². The van der Waals surface area contributed by atoms with E-state index in [0.717, 1.165) is 12.0 Å². The number of hydrogen-bond donors (Lipinski definition) is 2. The van der Waals surface area contributed by atoms with Gasteiger partial charge in [-0.25, -0.2) is 4.79 Å². The van der Waals surface area contributed by atoms with Crippen LogP contribution in [0.1, 0.15) is 38.6 Å². The Kier molecular flexibility index (Phi) is 4.37. The predicted octanol–water partition coefficient (Wildman–Crippen LogP) is 2.19. The number of carboxylic acids is 1. The zero-order chi connectivity index (χ0) is 18.8. The third-order valence-corrected chi connectivity index (χ3v) is 4.85. The first kappa shape index (κ1) is 16.9. The number of rotatable bonds is 4. The van der Waals surface area contributed by atoms with Gasteiger partial charge in [0.2, 0.25) is 5.82 Å². The van der Waals surface area contributed by atoms with Crippen LogP contribution in [0.4, 0.5) is 0 Å². The lowest BCUT2D eigenvalue weighted by Crippen LogP contribution is -2.29. The van der Waals surface area contributed by atoms with Gasteiger partial charge in [-0.15, -0.1) is 10.2 Å². The Bertz CT molecular complexity index is 987. The van der Waals surface area contributed by atoms with Crippen LogP contribution in [0.15, 0.2) is 48.5 Å². The molecule has 0 spiro atoms. The average Bonchev–Trinajstić information content (AvgIpc) is 3.39. The monoisotopic (exact) mass is 363 g/mol. The van der Waals surface area contributed by atoms with Crippen molar-refractivity contribution in [3.8, 4) is 11.4 Å². The standard InChI is InChI=1S/C19H17N5O3/c25-18(15-7-3-2-6-14(15)17-20-22-23-21-17)24-10-9-12(11-24)13-5-1-4-8-16(13)19(26)27/h1-8,12H,9-11H2,(H,26,27)(H,20,21,22,23)/t12-/m0/s1. The Morgan fingerprint density at radius 1 is 1.07 bits per heavy atom. The minimum atomic E-state index is -0.946. The lowest BCUT2D eigenvalue weighted by Gasteiger charge is -2.18. The SMILES string of the molecule is O=C(O)c1ccccc1[C@H]1CCN(C(=O)c2ccccc2-c2nn[nH]n2)C1. The smallest absolute Gasteiger partial charge is 0.335 e. The molecule has 2 aromatic carbocycles. The highest BCUT2D eigenvalue weighted by atomic mass is 16.4. The quantitative estimate of drug-likeness (QED) is 0.735. The van der Waals surface area contributed by atoms with Gasteiger partial charge in [-0.1, -0.05) is 36.4 Å². The van der Waals surface area contributed by atoms with Crippen LogP contribution in [-0.2, 0) is 0 Å². The second-order valence-corrected chi connectivity index (χ2v) is 6.41. The Balaban J connectivity index is 1.59. The fraction of sp³-hybridized carbons (Fsp3) is 0.211. The first-order valence-electron chi connectivity index (χ1n) is 8.59. The summed E-state index contributed by atoms with van der Waals surface area (Å²) >= 11 is 0. The molecule has 0 unspecified atom stereocenters. The molecule has 0 saturated carbocycles. The number of aromatic amines is 1. The van der Waals surface area contributed by atoms with Gasteiger partial charge in [0.25, 0.3) is 5.91 Å². The molecule has 136 valence electrons. The van der Waals surface area contributed by atoms with Gasteiger partial charge in [-0.3, -0.25) is 4.79 Å². The van der Waals surface area contributed by atoms with E-state index in [2.05, 4.69) is 20.6 Å². The molecule has 8 nitrogen and oxygen atoms in total. The molecule has 1 aliphatic rings. The molecule has 4 rings (SSSR count). The highest BCUT2D eigenvalue weighted by Crippen LogP contribution is 2.31. The van der Waals surface area contributed by atoms with Crippen molar-refractivity contribution < 1.29 is 14.7 Å². The van der Waals surface area contributed by atoms with Gasteiger partial charge in [-0.05, 0) is 29.3 Å². The van der Waals surface area contributed by atoms with E-state index >= 15 is 0 Å². The van der Waals surface area contributed by atoms with Crippen LogP contribution >= 0.6 is 0 Å². The topological polar surface area (TPSA) is 112 Å². The van der Waals surface area contributed by atoms with Crippen LogP contribution in [0.5, 0.6) is 0 Å². The van der Waals surface area contributed by atoms with Crippen LogP contribution in [0.2, 0.25) is 0 Å². The summed E-state index contributed by atoms with van der Waals surface area (Å²) in [4.78, 5) is 26.3. The number of carbonyl (C=O) groups is 2. The Morgan fingerprint density at radius 3 is 2.56 bits per heavy atom. The number of aromatic carboxylic acids is 1. The summed E-state index contributed by atoms with van der Waals surface area (Å²) in [6.07, 6.45) is 0.723. The normalized spacial score (nSPS) is 16.4. The number of nitrogens with zero attached hydrogens (tertiary/aromatic N) is 4. The average molecular weight is 363 g/mol. The van der Waals surface area contributed by atoms with Crippen LogP contribution in [-0.4, -0.2) is 55.6 Å². The molecule has 1 aromatic heterocycles. The maximum Gasteiger partial charge on any atom is 0.335 e. The minimum Gasteiger partial charge on any atom is -0.478 e. The molecule has 1 aliphatic heterocycles. The van der Waals surface area contributed by atoms with E-state index in [1.165, 1.54) is 0 Å². The predicted molar refractivity (Wildman–Crippen MR) is 96.3 cm³/mol. The first-order valence-corrected chi connectivity index (χ1v) is 8.59. The number of likely N-dealkylation sites (tertiary alicyclic amines) is 1. The largest absolute Gasteiger partial charge is 0.478 e. The third-order valence-electron chi connectivity index (χ3n) is 4.85. The summed E-state index contributed by atoms with van der Waals surface area (Å²) in [6.45, 7) is 1.04. The summed E-state index contributed by atoms with van der Waals surface area (Å²) in [5, 5.41) is 23.3. The molecule has 2 heterocycles. The number of nitrogens with one attached hydrogen (secondary N) is 1. The molecule has 1 fully saturated rings. The van der Waals surface area contributed by atoms with Gasteiger partial charge >= 0.3 is 5.97 Å². The van der Waals surface area contributed by atoms with E-state index in [4.69, 9.17) is 0 Å². The molecular weight excluding hydrogens is 346 g/mol. The molecule has 0 radical (unpaired) electrons. The highest BCUT2D eigenvalue weighted by molar-refractivity contribution is 6.00. The number of benzene rings is 2. The summed E-state index contributed by atoms with van der Waals surface area (Å²) < 4.78 is 0. The van der Waals surface area contributed by atoms with Gasteiger partial charge < -0.3 is 10.0 Å². The maximum atomic E-state index is 13.1. The zero-order valence-corrected chi connectivity index (χ0v) is 14.4. The lowest BCUT2D eigenvalue weighted by atomic mass is 9.93. The number of tetrazole rings is 1. The van der Waals surface area contributed by atoms with Crippen molar-refractivity contribution >= 4 is 11.9 Å². The maximum absolute atomic E-state index is 13.1. The molecule has 0 bridgehead atoms. The van der Waals surface area contributed by atoms with Crippen LogP contribution in [0, 0.1) is 0 Å². The zero-order valence-electron chi connectivity index (χ0n) is 14.4. The molecule has 1 saturated heterocycles. The number of carboxylic acid groups (broad SMARTS) is 1. The van der Waals surface area contributed by atoms with Crippen molar-refractivity contribution in [3.05, 3.63) is 65.2 Å². The Labute approximate surface area is 154 Å². The van der Waals surface area contributed by atoms with Gasteiger partial charge in [0, 0.05) is 24.6 Å². The summed E-state index contributed by atoms with van der Waals surface area (Å²) in [5.74, 6) is -0.701. The molecule has 1 amide bonds. The molecular formula is C19H17N5O3. The van der Waals surface area contributed by atoms with Crippen LogP contribution < -0.4 is 0 Å². The summed E-state index contributed by atoms with van der Waals surface area (Å²) in [5.41, 5.74) is 2.19. The molecule has 0 aliphatic carbocycles. The molecule has 1 atom stereocenters. The van der Waals surface area contributed by atoms with Crippen molar-refractivity contribution in [1.82, 2.24) is 25.5 Å². The van der Waals surface area contributed by atoms with E-state index in [1.807, 2.05) is 18.2 Å². The van der Waals surface area contributed by atoms with E-state index < -0.39 is 5.97 Å². The van der Waals surface area contributed by atoms with E-state index in [1.54, 1.807) is 35.2 Å². The third kappa shape index (κ3) is 3.17. The first-order chi connectivity index (χ1) is 13.1. The number of hydrogen-bond acceptors (Lipinski definition) is 5. The second kappa shape index (κ2) is 6.99. The van der Waals surface area contributed by atoms with Crippen molar-refractivity contribution in [2.45, 2.75) is 12.3 Å². The highest BCUT2D eigenvalue weighted by Gasteiger charge is 2.31. The fourth-order valence-corrected chi connectivity index (χ4v) is 3.56. The number of carbonyl (C=O) groups excluding carboxylic acids is 1. The molecule has 8 heteroatoms. The van der Waals surface area contributed by atoms with E-state index in [0.29, 0.717) is 35.6 Å². The van der Waals surface area contributed by atoms with Crippen LogP contribution in [0.25, 0.3) is 11.4 Å². The van der Waals surface area contributed by atoms with Gasteiger partial charge in [-0.2, -0.15) is 5.21 Å². The van der Waals surface area contributed by atoms with E-state index in [9.17, 15) is 14.7 Å². The second-order valence-electron chi connectivity index (χ2n) is 6.41. The van der Waals surface area contributed by atoms with Crippen LogP contribution in [0.3, 0.4) is 0 Å². The van der Waals surface area contributed by atoms with Crippen molar-refractivity contribution in [1.29, 1.82) is 0 Å². The minimum absolute atomic E-state index is 0.00131. The molecule has 3 aromatic rings. The van der Waals surface area contributed by atoms with Gasteiger partial charge in [0.1, 0.15) is 0 Å². The fourth-order valence-electron chi connectivity index (χ4n) is 3.56. The number of aromatic nitrogens is 4. The molecule has 27 heavy (non-hydrogen) atoms. The van der Waals surface area contributed by atoms with Crippen molar-refractivity contribution in [2.24, 2.45) is 0 Å². The lowest BCUT2D eigenvalue weighted by molar-refractivity contribution is 0.0695. The Hall–Kier alpha value is -3.55. The summed E-state index contributed by atoms with van der Waals surface area (Å²) in [7, 11) is 0. The molecule has 2 N–H and O–H groups in total. The van der Waals surface area contributed by atoms with Crippen molar-refractivity contribution in [2.75, 3.05) is 13.1 Å². The Morgan fingerprint density at radius 2 is 1.81 bits per heavy atom. The number of H-pyrrole nitrogens is 1. The van der Waals surface area contributed by atoms with Gasteiger partial charge in [0.15, 0.2) is 0 Å². The summed E-state index contributed by atoms with van der Waals surface area (Å²) in [6, 6.07) is 14.1.